The van der Waals surface area contributed by atoms with Crippen molar-refractivity contribution < 1.29 is 39.1 Å². The van der Waals surface area contributed by atoms with E-state index in [1.807, 2.05) is 12.1 Å². The minimum absolute atomic E-state index is 0. The third kappa shape index (κ3) is 19.1. The number of nitro benzene ring substituents is 1. The molecular formula is C45H77Fe2NO2. The van der Waals surface area contributed by atoms with E-state index in [1.54, 1.807) is 17.7 Å². The topological polar surface area (TPSA) is 43.1 Å². The van der Waals surface area contributed by atoms with E-state index < -0.39 is 0 Å². The SMILES string of the molecule is CCC1CCC(c2ccc([N+](=O)[O-])cc2)C1.CCC1CCCC1.CCC1CCCC1.CCC1CCCC1c1ccc(C)cc1.[CH3-].[CH3-].[CH3-].[CH3-].[Fe+2].[Fe+2]. The molecule has 50 heavy (non-hydrogen) atoms. The van der Waals surface area contributed by atoms with Crippen molar-refractivity contribution in [1.82, 2.24) is 0 Å². The molecule has 0 aromatic heterocycles. The normalized spacial score (nSPS) is 21.9. The van der Waals surface area contributed by atoms with Crippen LogP contribution in [0, 0.1) is 70.4 Å². The molecule has 290 valence electrons. The van der Waals surface area contributed by atoms with Crippen molar-refractivity contribution >= 4 is 5.69 Å². The van der Waals surface area contributed by atoms with E-state index in [0.29, 0.717) is 5.92 Å². The molecule has 0 bridgehead atoms. The average molecular weight is 776 g/mol. The van der Waals surface area contributed by atoms with E-state index in [1.165, 1.54) is 127 Å². The Morgan fingerprint density at radius 3 is 1.40 bits per heavy atom. The third-order valence-corrected chi connectivity index (χ3v) is 11.5. The largest absolute Gasteiger partial charge is 2.00 e. The molecule has 3 nitrogen and oxygen atoms in total. The van der Waals surface area contributed by atoms with Crippen LogP contribution in [0.2, 0.25) is 0 Å². The maximum absolute atomic E-state index is 10.5. The monoisotopic (exact) mass is 775 g/mol. The van der Waals surface area contributed by atoms with Gasteiger partial charge in [0.1, 0.15) is 0 Å². The van der Waals surface area contributed by atoms with E-state index >= 15 is 0 Å². The Hall–Kier alpha value is -1.12. The number of nitro groups is 1. The van der Waals surface area contributed by atoms with Crippen LogP contribution in [0.3, 0.4) is 0 Å². The molecule has 6 rings (SSSR count). The fourth-order valence-electron chi connectivity index (χ4n) is 8.23. The Labute approximate surface area is 333 Å². The van der Waals surface area contributed by atoms with Crippen molar-refractivity contribution in [3.63, 3.8) is 0 Å². The quantitative estimate of drug-likeness (QED) is 0.122. The first-order valence-electron chi connectivity index (χ1n) is 18.7. The first-order valence-corrected chi connectivity index (χ1v) is 18.7. The van der Waals surface area contributed by atoms with Crippen LogP contribution < -0.4 is 0 Å². The second kappa shape index (κ2) is 31.4. The second-order valence-corrected chi connectivity index (χ2v) is 14.4. The summed E-state index contributed by atoms with van der Waals surface area (Å²) in [5.41, 5.74) is 4.40. The number of hydrogen-bond donors (Lipinski definition) is 0. The molecule has 4 fully saturated rings. The number of rotatable bonds is 7. The standard InChI is InChI=1S/C14H20.C13H17NO2.2C7H14.4CH3.2Fe/c1-3-12-5-4-6-14(12)13-9-7-11(2)8-10-13;1-2-10-3-4-12(9-10)11-5-7-13(8-6-11)14(15)16;2*1-2-7-5-3-4-6-7;;;;;;/h7-10,12,14H,3-6H2,1-2H3;5-8,10,12H,2-4,9H2,1H3;2*7H,2-6H2,1H3;4*1H3;;/q;;;;4*-1;2*+2. The molecule has 0 amide bonds. The van der Waals surface area contributed by atoms with Crippen molar-refractivity contribution in [2.75, 3.05) is 0 Å². The number of nitrogens with zero attached hydrogens (tertiary/aromatic N) is 1. The van der Waals surface area contributed by atoms with E-state index in [2.05, 4.69) is 58.9 Å². The summed E-state index contributed by atoms with van der Waals surface area (Å²) in [7, 11) is 0. The number of non-ortho nitro benzene ring substituents is 1. The number of aryl methyl sites for hydroxylation is 1. The van der Waals surface area contributed by atoms with Crippen molar-refractivity contribution in [2.24, 2.45) is 23.7 Å². The maximum Gasteiger partial charge on any atom is 2.00 e. The minimum atomic E-state index is -0.340. The molecule has 0 heterocycles. The summed E-state index contributed by atoms with van der Waals surface area (Å²) in [5, 5.41) is 10.5. The molecule has 2 aromatic carbocycles. The van der Waals surface area contributed by atoms with Crippen molar-refractivity contribution in [3.05, 3.63) is 105 Å². The van der Waals surface area contributed by atoms with Gasteiger partial charge in [-0.1, -0.05) is 153 Å². The fourth-order valence-corrected chi connectivity index (χ4v) is 8.23. The van der Waals surface area contributed by atoms with Gasteiger partial charge in [0.2, 0.25) is 0 Å². The number of hydrogen-bond acceptors (Lipinski definition) is 2. The molecule has 0 saturated heterocycles. The van der Waals surface area contributed by atoms with Crippen LogP contribution in [0.15, 0.2) is 48.5 Å². The molecule has 4 aliphatic rings. The average Bonchev–Trinajstić information content (AvgIpc) is 3.90. The molecule has 0 N–H and O–H groups in total. The summed E-state index contributed by atoms with van der Waals surface area (Å²) < 4.78 is 0. The van der Waals surface area contributed by atoms with Gasteiger partial charge in [-0.2, -0.15) is 0 Å². The van der Waals surface area contributed by atoms with Gasteiger partial charge >= 0.3 is 34.1 Å². The number of benzene rings is 2. The van der Waals surface area contributed by atoms with Gasteiger partial charge in [-0.15, -0.1) is 0 Å². The van der Waals surface area contributed by atoms with Gasteiger partial charge in [-0.25, -0.2) is 0 Å². The molecule has 4 saturated carbocycles. The maximum atomic E-state index is 10.5. The second-order valence-electron chi connectivity index (χ2n) is 14.4. The molecule has 4 unspecified atom stereocenters. The summed E-state index contributed by atoms with van der Waals surface area (Å²) in [6.07, 6.45) is 25.5. The molecule has 0 aliphatic heterocycles. The predicted octanol–water partition coefficient (Wildman–Crippen LogP) is 15.1. The van der Waals surface area contributed by atoms with E-state index in [4.69, 9.17) is 0 Å². The first-order chi connectivity index (χ1) is 21.4. The third-order valence-electron chi connectivity index (χ3n) is 11.5. The molecule has 4 atom stereocenters. The summed E-state index contributed by atoms with van der Waals surface area (Å²) in [5.74, 6) is 5.45. The summed E-state index contributed by atoms with van der Waals surface area (Å²) in [6, 6.07) is 16.2. The zero-order valence-corrected chi connectivity index (χ0v) is 36.0. The smallest absolute Gasteiger partial charge is 0.358 e. The van der Waals surface area contributed by atoms with Crippen molar-refractivity contribution in [2.45, 2.75) is 162 Å². The Morgan fingerprint density at radius 2 is 1.02 bits per heavy atom. The van der Waals surface area contributed by atoms with Crippen LogP contribution >= 0.6 is 0 Å². The summed E-state index contributed by atoms with van der Waals surface area (Å²) in [4.78, 5) is 10.2. The van der Waals surface area contributed by atoms with E-state index in [9.17, 15) is 10.1 Å². The van der Waals surface area contributed by atoms with E-state index in [0.717, 1.165) is 29.6 Å². The van der Waals surface area contributed by atoms with Gasteiger partial charge in [0.25, 0.3) is 5.69 Å². The van der Waals surface area contributed by atoms with Crippen molar-refractivity contribution in [3.8, 4) is 0 Å². The molecule has 4 aliphatic carbocycles. The minimum Gasteiger partial charge on any atom is -0.358 e. The predicted molar refractivity (Wildman–Crippen MR) is 215 cm³/mol. The Kier molecular flexibility index (Phi) is 34.9. The van der Waals surface area contributed by atoms with Crippen LogP contribution in [0.25, 0.3) is 0 Å². The zero-order valence-electron chi connectivity index (χ0n) is 33.8. The first kappa shape index (κ1) is 55.6. The summed E-state index contributed by atoms with van der Waals surface area (Å²) >= 11 is 0. The van der Waals surface area contributed by atoms with Gasteiger partial charge in [0, 0.05) is 12.1 Å². The van der Waals surface area contributed by atoms with Crippen LogP contribution in [0.4, 0.5) is 5.69 Å². The van der Waals surface area contributed by atoms with E-state index in [-0.39, 0.29) is 74.5 Å². The molecular weight excluding hydrogens is 698 g/mol. The van der Waals surface area contributed by atoms with Gasteiger partial charge in [-0.3, -0.25) is 10.1 Å². The Bertz CT molecular complexity index is 1030. The van der Waals surface area contributed by atoms with Gasteiger partial charge in [-0.05, 0) is 85.7 Å². The molecule has 0 radical (unpaired) electrons. The molecule has 5 heteroatoms. The van der Waals surface area contributed by atoms with Crippen LogP contribution in [0.5, 0.6) is 0 Å². The zero-order chi connectivity index (χ0) is 31.7. The van der Waals surface area contributed by atoms with Crippen LogP contribution in [-0.2, 0) is 34.1 Å². The van der Waals surface area contributed by atoms with Crippen molar-refractivity contribution in [1.29, 1.82) is 0 Å². The Morgan fingerprint density at radius 1 is 0.560 bits per heavy atom. The van der Waals surface area contributed by atoms with Crippen LogP contribution in [0.1, 0.15) is 172 Å². The van der Waals surface area contributed by atoms with Crippen LogP contribution in [-0.4, -0.2) is 4.92 Å². The molecule has 0 spiro atoms. The fraction of sp³-hybridized carbons (Fsp3) is 0.644. The van der Waals surface area contributed by atoms with Gasteiger partial charge < -0.3 is 29.7 Å². The Balaban J connectivity index is -0.000000286. The summed E-state index contributed by atoms with van der Waals surface area (Å²) in [6.45, 7) is 11.3. The van der Waals surface area contributed by atoms with Gasteiger partial charge in [0.15, 0.2) is 0 Å². The van der Waals surface area contributed by atoms with Gasteiger partial charge in [0.05, 0.1) is 4.92 Å². The molecule has 2 aromatic rings.